The van der Waals surface area contributed by atoms with Crippen molar-refractivity contribution in [2.75, 3.05) is 40.6 Å². The summed E-state index contributed by atoms with van der Waals surface area (Å²) in [5, 5.41) is 0. The van der Waals surface area contributed by atoms with Gasteiger partial charge in [0.1, 0.15) is 0 Å². The van der Waals surface area contributed by atoms with Crippen molar-refractivity contribution < 1.29 is 18.9 Å². The fourth-order valence-corrected chi connectivity index (χ4v) is 8.56. The van der Waals surface area contributed by atoms with Crippen LogP contribution in [0.4, 0.5) is 0 Å². The van der Waals surface area contributed by atoms with Crippen molar-refractivity contribution in [1.29, 1.82) is 0 Å². The number of hydrogen-bond acceptors (Lipinski definition) is 4. The molecule has 4 nitrogen and oxygen atoms in total. The first-order valence-corrected chi connectivity index (χ1v) is 11.8. The zero-order valence-electron chi connectivity index (χ0n) is 18.3. The average molecular weight is 393 g/mol. The van der Waals surface area contributed by atoms with E-state index in [9.17, 15) is 0 Å². The minimum atomic E-state index is 0.278. The van der Waals surface area contributed by atoms with Crippen LogP contribution in [0.15, 0.2) is 0 Å². The van der Waals surface area contributed by atoms with Crippen LogP contribution in [0.3, 0.4) is 0 Å². The Morgan fingerprint density at radius 3 is 1.82 bits per heavy atom. The van der Waals surface area contributed by atoms with Gasteiger partial charge in [0, 0.05) is 25.0 Å². The van der Waals surface area contributed by atoms with Gasteiger partial charge in [-0.2, -0.15) is 0 Å². The Bertz CT molecular complexity index is 558. The molecule has 0 amide bonds. The van der Waals surface area contributed by atoms with Gasteiger partial charge in [-0.3, -0.25) is 0 Å². The average Bonchev–Trinajstić information content (AvgIpc) is 3.33. The van der Waals surface area contributed by atoms with Crippen LogP contribution >= 0.6 is 0 Å². The van der Waals surface area contributed by atoms with Gasteiger partial charge in [0.2, 0.25) is 0 Å². The van der Waals surface area contributed by atoms with Crippen molar-refractivity contribution in [2.24, 2.45) is 46.3 Å². The molecule has 2 aliphatic heterocycles. The summed E-state index contributed by atoms with van der Waals surface area (Å²) in [5.41, 5.74) is 0.558. The molecule has 8 unspecified atom stereocenters. The summed E-state index contributed by atoms with van der Waals surface area (Å²) in [6.45, 7) is 8.25. The van der Waals surface area contributed by atoms with E-state index in [1.54, 1.807) is 0 Å². The zero-order chi connectivity index (χ0) is 19.5. The Balaban J connectivity index is 1.34. The van der Waals surface area contributed by atoms with Gasteiger partial charge >= 0.3 is 0 Å². The highest BCUT2D eigenvalue weighted by Crippen LogP contribution is 2.66. The summed E-state index contributed by atoms with van der Waals surface area (Å²) < 4.78 is 23.8. The summed E-state index contributed by atoms with van der Waals surface area (Å²) in [6.07, 6.45) is 8.70. The molecule has 5 fully saturated rings. The fourth-order valence-electron chi connectivity index (χ4n) is 8.56. The number of rotatable bonds is 8. The van der Waals surface area contributed by atoms with Gasteiger partial charge in [-0.25, -0.2) is 0 Å². The molecular weight excluding hydrogens is 352 g/mol. The summed E-state index contributed by atoms with van der Waals surface area (Å²) in [5.74, 6) is 5.00. The van der Waals surface area contributed by atoms with E-state index in [0.29, 0.717) is 12.2 Å². The quantitative estimate of drug-likeness (QED) is 0.621. The summed E-state index contributed by atoms with van der Waals surface area (Å²) in [7, 11) is 3.90. The van der Waals surface area contributed by atoms with Crippen molar-refractivity contribution in [2.45, 2.75) is 64.6 Å². The van der Waals surface area contributed by atoms with E-state index in [-0.39, 0.29) is 10.8 Å². The SMILES string of the molecule is CCC1(C(OC)C2CC3CC2C2CCC(C(OC)C4(CC)COC4)C32)COC1. The molecule has 28 heavy (non-hydrogen) atoms. The lowest BCUT2D eigenvalue weighted by molar-refractivity contribution is -0.209. The Kier molecular flexibility index (Phi) is 5.10. The van der Waals surface area contributed by atoms with Crippen molar-refractivity contribution in [1.82, 2.24) is 0 Å². The molecule has 0 spiro atoms. The lowest BCUT2D eigenvalue weighted by Gasteiger charge is -2.52. The van der Waals surface area contributed by atoms with E-state index in [2.05, 4.69) is 13.8 Å². The van der Waals surface area contributed by atoms with Crippen LogP contribution in [0.25, 0.3) is 0 Å². The van der Waals surface area contributed by atoms with Crippen molar-refractivity contribution in [3.05, 3.63) is 0 Å². The third-order valence-electron chi connectivity index (χ3n) is 10.1. The summed E-state index contributed by atoms with van der Waals surface area (Å²) in [4.78, 5) is 0. The molecule has 2 heterocycles. The van der Waals surface area contributed by atoms with Crippen LogP contribution in [0.5, 0.6) is 0 Å². The number of hydrogen-bond donors (Lipinski definition) is 0. The molecule has 0 aromatic heterocycles. The maximum Gasteiger partial charge on any atom is 0.0702 e. The van der Waals surface area contributed by atoms with Gasteiger partial charge in [-0.15, -0.1) is 0 Å². The molecule has 2 saturated heterocycles. The standard InChI is InChI=1S/C24H40O4/c1-5-23(11-27-12-23)21(25-3)17-8-7-16-18-9-15(20(16)17)10-19(18)22(26-4)24(6-2)13-28-14-24/h15-22H,5-14H2,1-4H3. The first-order valence-electron chi connectivity index (χ1n) is 11.8. The lowest BCUT2D eigenvalue weighted by atomic mass is 9.62. The maximum atomic E-state index is 6.22. The zero-order valence-corrected chi connectivity index (χ0v) is 18.3. The Morgan fingerprint density at radius 1 is 0.786 bits per heavy atom. The number of ether oxygens (including phenoxy) is 4. The predicted molar refractivity (Wildman–Crippen MR) is 108 cm³/mol. The van der Waals surface area contributed by atoms with Crippen LogP contribution in [-0.4, -0.2) is 52.9 Å². The monoisotopic (exact) mass is 392 g/mol. The van der Waals surface area contributed by atoms with Crippen LogP contribution in [0, 0.1) is 46.3 Å². The van der Waals surface area contributed by atoms with Crippen LogP contribution in [-0.2, 0) is 18.9 Å². The second kappa shape index (κ2) is 7.21. The second-order valence-electron chi connectivity index (χ2n) is 10.8. The highest BCUT2D eigenvalue weighted by molar-refractivity contribution is 5.12. The first kappa shape index (κ1) is 19.8. The van der Waals surface area contributed by atoms with Gasteiger partial charge in [-0.05, 0) is 74.0 Å². The van der Waals surface area contributed by atoms with Crippen LogP contribution in [0.2, 0.25) is 0 Å². The van der Waals surface area contributed by atoms with E-state index in [1.165, 1.54) is 38.5 Å². The Labute approximate surface area is 171 Å². The van der Waals surface area contributed by atoms with Crippen molar-refractivity contribution in [3.63, 3.8) is 0 Å². The third-order valence-corrected chi connectivity index (χ3v) is 10.1. The molecule has 3 saturated carbocycles. The van der Waals surface area contributed by atoms with E-state index >= 15 is 0 Å². The third kappa shape index (κ3) is 2.57. The molecule has 0 aromatic carbocycles. The normalized spacial score (nSPS) is 44.6. The molecule has 5 rings (SSSR count). The van der Waals surface area contributed by atoms with Gasteiger partial charge in [0.25, 0.3) is 0 Å². The first-order chi connectivity index (χ1) is 13.6. The Hall–Kier alpha value is -0.160. The summed E-state index contributed by atoms with van der Waals surface area (Å²) >= 11 is 0. The minimum Gasteiger partial charge on any atom is -0.380 e. The van der Waals surface area contributed by atoms with Crippen molar-refractivity contribution >= 4 is 0 Å². The topological polar surface area (TPSA) is 36.9 Å². The highest BCUT2D eigenvalue weighted by Gasteiger charge is 2.64. The molecule has 2 bridgehead atoms. The number of methoxy groups -OCH3 is 2. The molecule has 160 valence electrons. The molecule has 0 aromatic rings. The fraction of sp³-hybridized carbons (Fsp3) is 1.00. The van der Waals surface area contributed by atoms with Crippen LogP contribution < -0.4 is 0 Å². The van der Waals surface area contributed by atoms with Crippen molar-refractivity contribution in [3.8, 4) is 0 Å². The van der Waals surface area contributed by atoms with Gasteiger partial charge in [-0.1, -0.05) is 13.8 Å². The molecule has 5 aliphatic rings. The lowest BCUT2D eigenvalue weighted by Crippen LogP contribution is -2.57. The highest BCUT2D eigenvalue weighted by atomic mass is 16.5. The molecule has 3 aliphatic carbocycles. The van der Waals surface area contributed by atoms with Gasteiger partial charge < -0.3 is 18.9 Å². The molecule has 4 heteroatoms. The Morgan fingerprint density at radius 2 is 1.36 bits per heavy atom. The van der Waals surface area contributed by atoms with Gasteiger partial charge in [0.15, 0.2) is 0 Å². The smallest absolute Gasteiger partial charge is 0.0702 e. The van der Waals surface area contributed by atoms with E-state index in [1.807, 2.05) is 14.2 Å². The summed E-state index contributed by atoms with van der Waals surface area (Å²) in [6, 6.07) is 0. The van der Waals surface area contributed by atoms with E-state index < -0.39 is 0 Å². The predicted octanol–water partition coefficient (Wildman–Crippen LogP) is 4.17. The number of fused-ring (bicyclic) bond motifs is 5. The van der Waals surface area contributed by atoms with Gasteiger partial charge in [0.05, 0.1) is 38.6 Å². The largest absolute Gasteiger partial charge is 0.380 e. The molecule has 0 radical (unpaired) electrons. The molecule has 0 N–H and O–H groups in total. The maximum absolute atomic E-state index is 6.22. The molecule has 8 atom stereocenters. The van der Waals surface area contributed by atoms with E-state index in [0.717, 1.165) is 61.9 Å². The second-order valence-corrected chi connectivity index (χ2v) is 10.8. The molecular formula is C24H40O4. The van der Waals surface area contributed by atoms with Crippen LogP contribution in [0.1, 0.15) is 52.4 Å². The minimum absolute atomic E-state index is 0.278. The van der Waals surface area contributed by atoms with E-state index in [4.69, 9.17) is 18.9 Å².